The van der Waals surface area contributed by atoms with Crippen molar-refractivity contribution in [1.29, 1.82) is 0 Å². The number of halogens is 1. The van der Waals surface area contributed by atoms with Gasteiger partial charge in [-0.15, -0.1) is 0 Å². The smallest absolute Gasteiger partial charge is 0.226 e. The summed E-state index contributed by atoms with van der Waals surface area (Å²) in [6.45, 7) is 0.923. The van der Waals surface area contributed by atoms with E-state index in [0.29, 0.717) is 17.9 Å². The average Bonchev–Trinajstić information content (AvgIpc) is 3.22. The maximum absolute atomic E-state index is 12.7. The van der Waals surface area contributed by atoms with E-state index >= 15 is 0 Å². The van der Waals surface area contributed by atoms with Crippen LogP contribution in [-0.2, 0) is 4.79 Å². The van der Waals surface area contributed by atoms with E-state index in [1.54, 1.807) is 0 Å². The number of nitrogens with zero attached hydrogens (tertiary/aromatic N) is 1. The van der Waals surface area contributed by atoms with Crippen molar-refractivity contribution in [3.8, 4) is 0 Å². The zero-order chi connectivity index (χ0) is 13.9. The first-order chi connectivity index (χ1) is 9.81. The van der Waals surface area contributed by atoms with Crippen molar-refractivity contribution in [2.75, 3.05) is 11.9 Å². The summed E-state index contributed by atoms with van der Waals surface area (Å²) >= 11 is 3.48. The monoisotopic (exact) mass is 335 g/mol. The molecule has 0 saturated heterocycles. The van der Waals surface area contributed by atoms with Crippen LogP contribution in [0.5, 0.6) is 0 Å². The topological polar surface area (TPSA) is 20.3 Å². The molecule has 2 unspecified atom stereocenters. The van der Waals surface area contributed by atoms with Crippen molar-refractivity contribution in [3.63, 3.8) is 0 Å². The van der Waals surface area contributed by atoms with Gasteiger partial charge < -0.3 is 4.90 Å². The maximum Gasteiger partial charge on any atom is 0.226 e. The lowest BCUT2D eigenvalue weighted by Crippen LogP contribution is -2.45. The third kappa shape index (κ3) is 2.93. The molecule has 2 aliphatic carbocycles. The van der Waals surface area contributed by atoms with Gasteiger partial charge in [0.15, 0.2) is 0 Å². The maximum atomic E-state index is 12.7. The van der Waals surface area contributed by atoms with Crippen LogP contribution in [0.1, 0.15) is 43.6 Å². The van der Waals surface area contributed by atoms with Crippen LogP contribution in [0.3, 0.4) is 0 Å². The molecule has 0 N–H and O–H groups in total. The van der Waals surface area contributed by atoms with E-state index < -0.39 is 0 Å². The number of benzene rings is 1. The molecule has 20 heavy (non-hydrogen) atoms. The molecule has 0 aliphatic heterocycles. The Hall–Kier alpha value is -0.830. The van der Waals surface area contributed by atoms with Gasteiger partial charge in [-0.2, -0.15) is 0 Å². The van der Waals surface area contributed by atoms with Gasteiger partial charge in [-0.05, 0) is 43.6 Å². The van der Waals surface area contributed by atoms with Crippen LogP contribution in [0.4, 0.5) is 0 Å². The molecule has 2 nitrogen and oxygen atoms in total. The van der Waals surface area contributed by atoms with Crippen LogP contribution in [0.15, 0.2) is 30.3 Å². The second kappa shape index (κ2) is 6.30. The quantitative estimate of drug-likeness (QED) is 0.720. The molecule has 0 spiro atoms. The van der Waals surface area contributed by atoms with Gasteiger partial charge in [-0.3, -0.25) is 4.79 Å². The zero-order valence-corrected chi connectivity index (χ0v) is 13.4. The van der Waals surface area contributed by atoms with Crippen LogP contribution in [0, 0.1) is 5.92 Å². The molecule has 0 bridgehead atoms. The Morgan fingerprint density at radius 1 is 1.25 bits per heavy atom. The van der Waals surface area contributed by atoms with E-state index in [-0.39, 0.29) is 5.92 Å². The highest BCUT2D eigenvalue weighted by Crippen LogP contribution is 2.49. The zero-order valence-electron chi connectivity index (χ0n) is 11.8. The Balaban J connectivity index is 1.62. The van der Waals surface area contributed by atoms with Gasteiger partial charge in [-0.1, -0.05) is 46.3 Å². The predicted octanol–water partition coefficient (Wildman–Crippen LogP) is 3.96. The summed E-state index contributed by atoms with van der Waals surface area (Å²) in [5.41, 5.74) is 1.33. The first kappa shape index (κ1) is 14.1. The van der Waals surface area contributed by atoms with Gasteiger partial charge >= 0.3 is 0 Å². The van der Waals surface area contributed by atoms with E-state index in [9.17, 15) is 4.79 Å². The molecular formula is C17H22BrNO. The fourth-order valence-corrected chi connectivity index (χ4v) is 3.40. The highest BCUT2D eigenvalue weighted by molar-refractivity contribution is 9.09. The van der Waals surface area contributed by atoms with Crippen LogP contribution in [0.2, 0.25) is 0 Å². The standard InChI is InChI=1S/C17H22BrNO/c18-10-5-11-19(14-8-4-9-14)17(20)16-12-15(16)13-6-2-1-3-7-13/h1-3,6-7,14-16H,4-5,8-12H2. The minimum Gasteiger partial charge on any atom is -0.339 e. The third-order valence-corrected chi connectivity index (χ3v) is 5.23. The second-order valence-electron chi connectivity index (χ2n) is 6.02. The molecule has 0 radical (unpaired) electrons. The van der Waals surface area contributed by atoms with Crippen LogP contribution in [0.25, 0.3) is 0 Å². The van der Waals surface area contributed by atoms with Crippen LogP contribution >= 0.6 is 15.9 Å². The number of carbonyl (C=O) groups is 1. The summed E-state index contributed by atoms with van der Waals surface area (Å²) in [7, 11) is 0. The predicted molar refractivity (Wildman–Crippen MR) is 85.1 cm³/mol. The molecule has 2 aliphatic rings. The first-order valence-corrected chi connectivity index (χ1v) is 8.85. The summed E-state index contributed by atoms with van der Waals surface area (Å²) in [6.07, 6.45) is 5.80. The van der Waals surface area contributed by atoms with E-state index in [1.807, 2.05) is 6.07 Å². The Morgan fingerprint density at radius 3 is 2.60 bits per heavy atom. The Kier molecular flexibility index (Phi) is 4.45. The molecule has 2 atom stereocenters. The fourth-order valence-electron chi connectivity index (χ4n) is 3.15. The van der Waals surface area contributed by atoms with Crippen molar-refractivity contribution < 1.29 is 4.79 Å². The van der Waals surface area contributed by atoms with Gasteiger partial charge in [0.1, 0.15) is 0 Å². The van der Waals surface area contributed by atoms with Gasteiger partial charge in [0.25, 0.3) is 0 Å². The van der Waals surface area contributed by atoms with E-state index in [1.165, 1.54) is 24.8 Å². The summed E-state index contributed by atoms with van der Waals surface area (Å²) in [5, 5.41) is 0.982. The van der Waals surface area contributed by atoms with Crippen molar-refractivity contribution in [2.24, 2.45) is 5.92 Å². The highest BCUT2D eigenvalue weighted by Gasteiger charge is 2.47. The lowest BCUT2D eigenvalue weighted by Gasteiger charge is -2.38. The molecular weight excluding hydrogens is 314 g/mol. The summed E-state index contributed by atoms with van der Waals surface area (Å²) in [6, 6.07) is 11.0. The van der Waals surface area contributed by atoms with Gasteiger partial charge in [0.05, 0.1) is 0 Å². The normalized spacial score (nSPS) is 25.1. The Labute approximate surface area is 129 Å². The molecule has 1 amide bonds. The molecule has 2 fully saturated rings. The number of amides is 1. The summed E-state index contributed by atoms with van der Waals surface area (Å²) in [5.74, 6) is 1.12. The molecule has 3 rings (SSSR count). The minimum atomic E-state index is 0.244. The number of carbonyl (C=O) groups excluding carboxylic acids is 1. The highest BCUT2D eigenvalue weighted by atomic mass is 79.9. The fraction of sp³-hybridized carbons (Fsp3) is 0.588. The molecule has 108 valence electrons. The molecule has 3 heteroatoms. The lowest BCUT2D eigenvalue weighted by molar-refractivity contribution is -0.136. The number of alkyl halides is 1. The van der Waals surface area contributed by atoms with E-state index in [4.69, 9.17) is 0 Å². The Bertz CT molecular complexity index is 457. The summed E-state index contributed by atoms with van der Waals surface area (Å²) in [4.78, 5) is 14.9. The van der Waals surface area contributed by atoms with Crippen LogP contribution in [-0.4, -0.2) is 28.7 Å². The lowest BCUT2D eigenvalue weighted by atomic mass is 9.91. The van der Waals surface area contributed by atoms with Crippen molar-refractivity contribution in [2.45, 2.75) is 44.1 Å². The first-order valence-electron chi connectivity index (χ1n) is 7.72. The average molecular weight is 336 g/mol. The number of rotatable bonds is 6. The van der Waals surface area contributed by atoms with E-state index in [0.717, 1.165) is 24.7 Å². The SMILES string of the molecule is O=C(C1CC1c1ccccc1)N(CCCBr)C1CCC1. The Morgan fingerprint density at radius 2 is 2.00 bits per heavy atom. The minimum absolute atomic E-state index is 0.244. The van der Waals surface area contributed by atoms with Crippen molar-refractivity contribution in [3.05, 3.63) is 35.9 Å². The van der Waals surface area contributed by atoms with Crippen molar-refractivity contribution >= 4 is 21.8 Å². The number of hydrogen-bond donors (Lipinski definition) is 0. The largest absolute Gasteiger partial charge is 0.339 e. The summed E-state index contributed by atoms with van der Waals surface area (Å²) < 4.78 is 0. The van der Waals surface area contributed by atoms with Crippen molar-refractivity contribution in [1.82, 2.24) is 4.90 Å². The van der Waals surface area contributed by atoms with Gasteiger partial charge in [0, 0.05) is 23.8 Å². The molecule has 0 aromatic heterocycles. The van der Waals surface area contributed by atoms with Gasteiger partial charge in [0.2, 0.25) is 5.91 Å². The molecule has 2 saturated carbocycles. The molecule has 1 aromatic carbocycles. The molecule has 0 heterocycles. The second-order valence-corrected chi connectivity index (χ2v) is 6.81. The number of hydrogen-bond acceptors (Lipinski definition) is 1. The van der Waals surface area contributed by atoms with Crippen LogP contribution < -0.4 is 0 Å². The van der Waals surface area contributed by atoms with Gasteiger partial charge in [-0.25, -0.2) is 0 Å². The third-order valence-electron chi connectivity index (χ3n) is 4.67. The molecule has 1 aromatic rings. The van der Waals surface area contributed by atoms with E-state index in [2.05, 4.69) is 45.1 Å².